The third kappa shape index (κ3) is 4.65. The van der Waals surface area contributed by atoms with E-state index in [2.05, 4.69) is 41.4 Å². The molecule has 1 aromatic heterocycles. The number of benzene rings is 1. The molecule has 0 spiro atoms. The van der Waals surface area contributed by atoms with E-state index < -0.39 is 0 Å². The highest BCUT2D eigenvalue weighted by atomic mass is 32.1. The zero-order valence-corrected chi connectivity index (χ0v) is 12.4. The Morgan fingerprint density at radius 2 is 2.00 bits per heavy atom. The Morgan fingerprint density at radius 1 is 1.26 bits per heavy atom. The van der Waals surface area contributed by atoms with Gasteiger partial charge in [-0.2, -0.15) is 0 Å². The van der Waals surface area contributed by atoms with Gasteiger partial charge < -0.3 is 10.6 Å². The van der Waals surface area contributed by atoms with Crippen LogP contribution >= 0.6 is 11.3 Å². The molecule has 0 saturated carbocycles. The topological polar surface area (TPSA) is 42.2 Å². The molecule has 19 heavy (non-hydrogen) atoms. The van der Waals surface area contributed by atoms with Crippen LogP contribution in [0.2, 0.25) is 0 Å². The minimum absolute atomic E-state index is 0.833. The molecule has 3 nitrogen and oxygen atoms in total. The molecule has 1 aromatic carbocycles. The van der Waals surface area contributed by atoms with Crippen molar-refractivity contribution in [2.45, 2.75) is 26.3 Å². The predicted molar refractivity (Wildman–Crippen MR) is 82.4 cm³/mol. The summed E-state index contributed by atoms with van der Waals surface area (Å²) in [6.07, 6.45) is 2.25. The van der Waals surface area contributed by atoms with Crippen molar-refractivity contribution in [1.29, 1.82) is 0 Å². The fourth-order valence-corrected chi connectivity index (χ4v) is 2.68. The standard InChI is InChI=1S/C15H21N3S/c1-12-17-15(11-19-12)10-18(2)9-3-4-13-5-7-14(16)8-6-13/h5-8,11H,3-4,9-10,16H2,1-2H3. The number of thiazole rings is 1. The highest BCUT2D eigenvalue weighted by molar-refractivity contribution is 7.09. The zero-order chi connectivity index (χ0) is 13.7. The van der Waals surface area contributed by atoms with Gasteiger partial charge in [0.25, 0.3) is 0 Å². The van der Waals surface area contributed by atoms with E-state index in [0.29, 0.717) is 0 Å². The molecule has 0 atom stereocenters. The van der Waals surface area contributed by atoms with Crippen LogP contribution in [0.5, 0.6) is 0 Å². The van der Waals surface area contributed by atoms with Crippen molar-refractivity contribution in [3.63, 3.8) is 0 Å². The summed E-state index contributed by atoms with van der Waals surface area (Å²) >= 11 is 1.72. The molecule has 1 heterocycles. The summed E-state index contributed by atoms with van der Waals surface area (Å²) < 4.78 is 0. The third-order valence-corrected chi connectivity index (χ3v) is 3.91. The smallest absolute Gasteiger partial charge is 0.0897 e. The van der Waals surface area contributed by atoms with Gasteiger partial charge >= 0.3 is 0 Å². The Hall–Kier alpha value is -1.39. The van der Waals surface area contributed by atoms with E-state index in [0.717, 1.165) is 36.6 Å². The molecule has 102 valence electrons. The molecule has 0 aliphatic carbocycles. The van der Waals surface area contributed by atoms with Crippen molar-refractivity contribution in [2.24, 2.45) is 0 Å². The van der Waals surface area contributed by atoms with Crippen molar-refractivity contribution >= 4 is 17.0 Å². The number of nitrogens with two attached hydrogens (primary N) is 1. The summed E-state index contributed by atoms with van der Waals surface area (Å²) in [6.45, 7) is 4.07. The molecule has 0 aliphatic rings. The lowest BCUT2D eigenvalue weighted by atomic mass is 10.1. The maximum absolute atomic E-state index is 5.68. The van der Waals surface area contributed by atoms with E-state index in [4.69, 9.17) is 5.73 Å². The Balaban J connectivity index is 1.71. The molecule has 2 rings (SSSR count). The first-order valence-corrected chi connectivity index (χ1v) is 7.45. The largest absolute Gasteiger partial charge is 0.399 e. The quantitative estimate of drug-likeness (QED) is 0.824. The molecule has 0 aliphatic heterocycles. The molecule has 0 unspecified atom stereocenters. The molecule has 4 heteroatoms. The van der Waals surface area contributed by atoms with E-state index >= 15 is 0 Å². The Labute approximate surface area is 119 Å². The molecule has 0 bridgehead atoms. The van der Waals surface area contributed by atoms with Crippen LogP contribution < -0.4 is 5.73 Å². The van der Waals surface area contributed by atoms with Gasteiger partial charge in [-0.05, 0) is 51.1 Å². The summed E-state index contributed by atoms with van der Waals surface area (Å²) in [5, 5.41) is 3.29. The highest BCUT2D eigenvalue weighted by Gasteiger charge is 2.03. The van der Waals surface area contributed by atoms with E-state index in [1.165, 1.54) is 11.3 Å². The molecule has 0 amide bonds. The second-order valence-electron chi connectivity index (χ2n) is 4.94. The molecule has 2 aromatic rings. The van der Waals surface area contributed by atoms with Gasteiger partial charge in [0.05, 0.1) is 10.7 Å². The molecule has 2 N–H and O–H groups in total. The fourth-order valence-electron chi connectivity index (χ4n) is 2.07. The zero-order valence-electron chi connectivity index (χ0n) is 11.6. The normalized spacial score (nSPS) is 11.1. The van der Waals surface area contributed by atoms with Crippen molar-refractivity contribution in [3.05, 3.63) is 45.9 Å². The van der Waals surface area contributed by atoms with Gasteiger partial charge in [-0.15, -0.1) is 11.3 Å². The van der Waals surface area contributed by atoms with Gasteiger partial charge in [-0.1, -0.05) is 12.1 Å². The van der Waals surface area contributed by atoms with Crippen molar-refractivity contribution in [1.82, 2.24) is 9.88 Å². The maximum atomic E-state index is 5.68. The van der Waals surface area contributed by atoms with Gasteiger partial charge in [0.1, 0.15) is 0 Å². The molecule has 0 fully saturated rings. The van der Waals surface area contributed by atoms with E-state index in [9.17, 15) is 0 Å². The number of aromatic nitrogens is 1. The first kappa shape index (κ1) is 14.0. The van der Waals surface area contributed by atoms with Gasteiger partial charge in [0.15, 0.2) is 0 Å². The van der Waals surface area contributed by atoms with E-state index in [1.54, 1.807) is 11.3 Å². The van der Waals surface area contributed by atoms with Crippen LogP contribution in [-0.4, -0.2) is 23.5 Å². The summed E-state index contributed by atoms with van der Waals surface area (Å²) in [5.41, 5.74) is 9.04. The average Bonchev–Trinajstić information content (AvgIpc) is 2.77. The number of aryl methyl sites for hydroxylation is 2. The molecule has 0 radical (unpaired) electrons. The third-order valence-electron chi connectivity index (χ3n) is 3.08. The van der Waals surface area contributed by atoms with Gasteiger partial charge in [0, 0.05) is 17.6 Å². The SMILES string of the molecule is Cc1nc(CN(C)CCCc2ccc(N)cc2)cs1. The number of hydrogen-bond acceptors (Lipinski definition) is 4. The maximum Gasteiger partial charge on any atom is 0.0897 e. The molecule has 0 saturated heterocycles. The average molecular weight is 275 g/mol. The number of nitrogens with zero attached hydrogens (tertiary/aromatic N) is 2. The molecular formula is C15H21N3S. The van der Waals surface area contributed by atoms with Crippen LogP contribution in [0.15, 0.2) is 29.6 Å². The van der Waals surface area contributed by atoms with Crippen molar-refractivity contribution in [2.75, 3.05) is 19.3 Å². The van der Waals surface area contributed by atoms with Gasteiger partial charge in [-0.3, -0.25) is 0 Å². The highest BCUT2D eigenvalue weighted by Crippen LogP contribution is 2.11. The minimum atomic E-state index is 0.833. The summed E-state index contributed by atoms with van der Waals surface area (Å²) in [5.74, 6) is 0. The van der Waals surface area contributed by atoms with E-state index in [-0.39, 0.29) is 0 Å². The van der Waals surface area contributed by atoms with Crippen LogP contribution in [0.25, 0.3) is 0 Å². The second kappa shape index (κ2) is 6.68. The summed E-state index contributed by atoms with van der Waals surface area (Å²) in [7, 11) is 2.15. The van der Waals surface area contributed by atoms with Crippen LogP contribution in [0.4, 0.5) is 5.69 Å². The van der Waals surface area contributed by atoms with E-state index in [1.807, 2.05) is 12.1 Å². The van der Waals surface area contributed by atoms with Gasteiger partial charge in [0.2, 0.25) is 0 Å². The monoisotopic (exact) mass is 275 g/mol. The van der Waals surface area contributed by atoms with Crippen molar-refractivity contribution < 1.29 is 0 Å². The Bertz CT molecular complexity index is 504. The molecular weight excluding hydrogens is 254 g/mol. The lowest BCUT2D eigenvalue weighted by molar-refractivity contribution is 0.319. The van der Waals surface area contributed by atoms with Crippen LogP contribution in [0.3, 0.4) is 0 Å². The van der Waals surface area contributed by atoms with Crippen LogP contribution in [0.1, 0.15) is 22.7 Å². The summed E-state index contributed by atoms with van der Waals surface area (Å²) in [4.78, 5) is 6.81. The number of nitrogen functional groups attached to an aromatic ring is 1. The minimum Gasteiger partial charge on any atom is -0.399 e. The Kier molecular flexibility index (Phi) is 4.93. The van der Waals surface area contributed by atoms with Gasteiger partial charge in [-0.25, -0.2) is 4.98 Å². The lowest BCUT2D eigenvalue weighted by Gasteiger charge is -2.15. The van der Waals surface area contributed by atoms with Crippen molar-refractivity contribution in [3.8, 4) is 0 Å². The van der Waals surface area contributed by atoms with Crippen LogP contribution in [0, 0.1) is 6.92 Å². The predicted octanol–water partition coefficient (Wildman–Crippen LogP) is 3.10. The second-order valence-corrected chi connectivity index (χ2v) is 6.00. The first-order chi connectivity index (χ1) is 9.13. The Morgan fingerprint density at radius 3 is 2.63 bits per heavy atom. The van der Waals surface area contributed by atoms with Crippen LogP contribution in [-0.2, 0) is 13.0 Å². The fraction of sp³-hybridized carbons (Fsp3) is 0.400. The number of rotatable bonds is 6. The lowest BCUT2D eigenvalue weighted by Crippen LogP contribution is -2.19. The first-order valence-electron chi connectivity index (χ1n) is 6.57. The number of anilines is 1. The summed E-state index contributed by atoms with van der Waals surface area (Å²) in [6, 6.07) is 8.16. The number of hydrogen-bond donors (Lipinski definition) is 1.